The van der Waals surface area contributed by atoms with Gasteiger partial charge in [-0.25, -0.2) is 0 Å². The van der Waals surface area contributed by atoms with Crippen LogP contribution in [-0.2, 0) is 0 Å². The average Bonchev–Trinajstić information content (AvgIpc) is 2.45. The van der Waals surface area contributed by atoms with Crippen LogP contribution in [0.2, 0.25) is 0 Å². The van der Waals surface area contributed by atoms with Gasteiger partial charge in [-0.1, -0.05) is 30.3 Å². The fourth-order valence-corrected chi connectivity index (χ4v) is 2.55. The number of aliphatic hydroxyl groups excluding tert-OH is 1. The van der Waals surface area contributed by atoms with Crippen LogP contribution in [-0.4, -0.2) is 11.2 Å². The molecule has 2 nitrogen and oxygen atoms in total. The topological polar surface area (TPSA) is 29.5 Å². The quantitative estimate of drug-likeness (QED) is 0.822. The Morgan fingerprint density at radius 3 is 2.53 bits per heavy atom. The zero-order chi connectivity index (χ0) is 13.2. The lowest BCUT2D eigenvalue weighted by molar-refractivity contribution is 0.0623. The van der Waals surface area contributed by atoms with Crippen molar-refractivity contribution in [3.8, 4) is 5.75 Å². The van der Waals surface area contributed by atoms with E-state index in [0.29, 0.717) is 0 Å². The molecule has 0 saturated heterocycles. The monoisotopic (exact) mass is 364 g/mol. The normalized spacial score (nSPS) is 20.9. The highest BCUT2D eigenvalue weighted by Gasteiger charge is 2.25. The standard InChI is InChI=1S/C16H13IO2/c17-12-6-8-13(9-7-12)19-15-10-5-11-3-1-2-4-14(11)16(15)18/h1-10,15-16,18H/t15-,16-/m1/s1. The van der Waals surface area contributed by atoms with E-state index in [1.807, 2.05) is 60.7 Å². The van der Waals surface area contributed by atoms with E-state index in [0.717, 1.165) is 20.4 Å². The molecule has 2 aromatic carbocycles. The van der Waals surface area contributed by atoms with E-state index in [9.17, 15) is 5.11 Å². The first-order chi connectivity index (χ1) is 9.24. The molecule has 2 aromatic rings. The van der Waals surface area contributed by atoms with Crippen molar-refractivity contribution in [2.45, 2.75) is 12.2 Å². The zero-order valence-electron chi connectivity index (χ0n) is 10.2. The van der Waals surface area contributed by atoms with Crippen LogP contribution in [0.4, 0.5) is 0 Å². The van der Waals surface area contributed by atoms with E-state index in [-0.39, 0.29) is 6.10 Å². The van der Waals surface area contributed by atoms with E-state index >= 15 is 0 Å². The SMILES string of the molecule is O[C@@H]1c2ccccc2C=C[C@H]1Oc1ccc(I)cc1. The lowest BCUT2D eigenvalue weighted by Gasteiger charge is -2.26. The lowest BCUT2D eigenvalue weighted by atomic mass is 9.93. The summed E-state index contributed by atoms with van der Waals surface area (Å²) in [5, 5.41) is 10.4. The van der Waals surface area contributed by atoms with Gasteiger partial charge in [0.05, 0.1) is 0 Å². The van der Waals surface area contributed by atoms with Crippen LogP contribution in [0.25, 0.3) is 6.08 Å². The highest BCUT2D eigenvalue weighted by molar-refractivity contribution is 14.1. The second-order valence-electron chi connectivity index (χ2n) is 4.47. The third kappa shape index (κ3) is 2.67. The van der Waals surface area contributed by atoms with Crippen molar-refractivity contribution in [2.75, 3.05) is 0 Å². The van der Waals surface area contributed by atoms with Crippen molar-refractivity contribution < 1.29 is 9.84 Å². The van der Waals surface area contributed by atoms with Crippen molar-refractivity contribution >= 4 is 28.7 Å². The zero-order valence-corrected chi connectivity index (χ0v) is 12.3. The van der Waals surface area contributed by atoms with Gasteiger partial charge in [0.1, 0.15) is 18.0 Å². The number of benzene rings is 2. The first kappa shape index (κ1) is 12.7. The van der Waals surface area contributed by atoms with Gasteiger partial charge in [-0.05, 0) is 64.1 Å². The van der Waals surface area contributed by atoms with Crippen molar-refractivity contribution in [2.24, 2.45) is 0 Å². The Morgan fingerprint density at radius 1 is 1.00 bits per heavy atom. The summed E-state index contributed by atoms with van der Waals surface area (Å²) in [5.74, 6) is 0.772. The van der Waals surface area contributed by atoms with Gasteiger partial charge in [0.15, 0.2) is 0 Å². The Bertz CT molecular complexity index is 604. The molecular formula is C16H13IO2. The number of ether oxygens (including phenoxy) is 1. The maximum absolute atomic E-state index is 10.4. The average molecular weight is 364 g/mol. The van der Waals surface area contributed by atoms with Gasteiger partial charge in [-0.3, -0.25) is 0 Å². The maximum atomic E-state index is 10.4. The molecule has 0 aliphatic heterocycles. The molecule has 96 valence electrons. The highest BCUT2D eigenvalue weighted by Crippen LogP contribution is 2.30. The Labute approximate surface area is 125 Å². The van der Waals surface area contributed by atoms with E-state index in [2.05, 4.69) is 22.6 Å². The van der Waals surface area contributed by atoms with Crippen molar-refractivity contribution in [1.82, 2.24) is 0 Å². The van der Waals surface area contributed by atoms with Crippen LogP contribution in [0.15, 0.2) is 54.6 Å². The van der Waals surface area contributed by atoms with Gasteiger partial charge >= 0.3 is 0 Å². The van der Waals surface area contributed by atoms with Gasteiger partial charge in [0.25, 0.3) is 0 Å². The maximum Gasteiger partial charge on any atom is 0.147 e. The van der Waals surface area contributed by atoms with Gasteiger partial charge in [0.2, 0.25) is 0 Å². The minimum atomic E-state index is -0.625. The molecule has 0 aromatic heterocycles. The van der Waals surface area contributed by atoms with E-state index in [4.69, 9.17) is 4.74 Å². The molecule has 0 radical (unpaired) electrons. The summed E-state index contributed by atoms with van der Waals surface area (Å²) in [6, 6.07) is 15.7. The Balaban J connectivity index is 1.83. The predicted octanol–water partition coefficient (Wildman–Crippen LogP) is 3.80. The summed E-state index contributed by atoms with van der Waals surface area (Å²) in [7, 11) is 0. The molecular weight excluding hydrogens is 351 g/mol. The molecule has 3 heteroatoms. The number of aliphatic hydroxyl groups is 1. The summed E-state index contributed by atoms with van der Waals surface area (Å²) in [4.78, 5) is 0. The number of rotatable bonds is 2. The van der Waals surface area contributed by atoms with Gasteiger partial charge in [0, 0.05) is 3.57 Å². The molecule has 0 fully saturated rings. The lowest BCUT2D eigenvalue weighted by Crippen LogP contribution is -2.25. The van der Waals surface area contributed by atoms with E-state index < -0.39 is 6.10 Å². The summed E-state index contributed by atoms with van der Waals surface area (Å²) >= 11 is 2.25. The van der Waals surface area contributed by atoms with E-state index in [1.165, 1.54) is 0 Å². The largest absolute Gasteiger partial charge is 0.483 e. The van der Waals surface area contributed by atoms with Crippen molar-refractivity contribution in [1.29, 1.82) is 0 Å². The highest BCUT2D eigenvalue weighted by atomic mass is 127. The molecule has 1 aliphatic carbocycles. The van der Waals surface area contributed by atoms with Crippen LogP contribution in [0.1, 0.15) is 17.2 Å². The number of halogens is 1. The first-order valence-electron chi connectivity index (χ1n) is 6.11. The summed E-state index contributed by atoms with van der Waals surface area (Å²) < 4.78 is 7.00. The fraction of sp³-hybridized carbons (Fsp3) is 0.125. The Hall–Kier alpha value is -1.33. The van der Waals surface area contributed by atoms with Gasteiger partial charge in [-0.2, -0.15) is 0 Å². The number of hydrogen-bond acceptors (Lipinski definition) is 2. The van der Waals surface area contributed by atoms with Crippen LogP contribution in [0.3, 0.4) is 0 Å². The van der Waals surface area contributed by atoms with Crippen LogP contribution >= 0.6 is 22.6 Å². The summed E-state index contributed by atoms with van der Waals surface area (Å²) in [6.45, 7) is 0. The van der Waals surface area contributed by atoms with Gasteiger partial charge < -0.3 is 9.84 Å². The number of fused-ring (bicyclic) bond motifs is 1. The molecule has 19 heavy (non-hydrogen) atoms. The Kier molecular flexibility index (Phi) is 3.57. The number of hydrogen-bond donors (Lipinski definition) is 1. The molecule has 0 unspecified atom stereocenters. The molecule has 2 atom stereocenters. The minimum absolute atomic E-state index is 0.338. The van der Waals surface area contributed by atoms with Crippen molar-refractivity contribution in [3.63, 3.8) is 0 Å². The molecule has 0 bridgehead atoms. The van der Waals surface area contributed by atoms with Crippen LogP contribution in [0, 0.1) is 3.57 Å². The molecule has 3 rings (SSSR count). The van der Waals surface area contributed by atoms with Crippen LogP contribution in [0.5, 0.6) is 5.75 Å². The third-order valence-electron chi connectivity index (χ3n) is 3.18. The summed E-state index contributed by atoms with van der Waals surface area (Å²) in [6.07, 6.45) is 2.94. The molecule has 0 saturated carbocycles. The van der Waals surface area contributed by atoms with E-state index in [1.54, 1.807) is 0 Å². The summed E-state index contributed by atoms with van der Waals surface area (Å²) in [5.41, 5.74) is 1.97. The van der Waals surface area contributed by atoms with Crippen LogP contribution < -0.4 is 4.74 Å². The molecule has 0 spiro atoms. The fourth-order valence-electron chi connectivity index (χ4n) is 2.19. The molecule has 0 heterocycles. The molecule has 0 amide bonds. The Morgan fingerprint density at radius 2 is 1.74 bits per heavy atom. The second-order valence-corrected chi connectivity index (χ2v) is 5.71. The first-order valence-corrected chi connectivity index (χ1v) is 7.19. The second kappa shape index (κ2) is 5.35. The molecule has 1 aliphatic rings. The van der Waals surface area contributed by atoms with Crippen molar-refractivity contribution in [3.05, 3.63) is 69.3 Å². The minimum Gasteiger partial charge on any atom is -0.483 e. The third-order valence-corrected chi connectivity index (χ3v) is 3.90. The molecule has 1 N–H and O–H groups in total. The predicted molar refractivity (Wildman–Crippen MR) is 84.0 cm³/mol. The van der Waals surface area contributed by atoms with Gasteiger partial charge in [-0.15, -0.1) is 0 Å². The smallest absolute Gasteiger partial charge is 0.147 e.